The highest BCUT2D eigenvalue weighted by atomic mass is 16.7. The minimum Gasteiger partial charge on any atom is -0.487 e. The molecule has 2 heterocycles. The van der Waals surface area contributed by atoms with Crippen molar-refractivity contribution in [2.75, 3.05) is 26.2 Å². The summed E-state index contributed by atoms with van der Waals surface area (Å²) in [4.78, 5) is 2.51. The molecule has 0 spiro atoms. The Morgan fingerprint density at radius 2 is 1.79 bits per heavy atom. The minimum atomic E-state index is -0.268. The number of rotatable bonds is 5. The second-order valence-electron chi connectivity index (χ2n) is 8.29. The van der Waals surface area contributed by atoms with E-state index in [0.717, 1.165) is 17.8 Å². The maximum atomic E-state index is 6.24. The van der Waals surface area contributed by atoms with Crippen molar-refractivity contribution in [1.29, 1.82) is 0 Å². The average molecular weight is 331 g/mol. The van der Waals surface area contributed by atoms with Crippen LogP contribution >= 0.6 is 0 Å². The smallest absolute Gasteiger partial charge is 0.487 e. The first-order valence-electron chi connectivity index (χ1n) is 9.14. The number of ether oxygens (including phenoxy) is 1. The first kappa shape index (κ1) is 17.8. The third-order valence-electron chi connectivity index (χ3n) is 4.61. The zero-order valence-corrected chi connectivity index (χ0v) is 15.5. The van der Waals surface area contributed by atoms with E-state index < -0.39 is 0 Å². The van der Waals surface area contributed by atoms with E-state index in [9.17, 15) is 0 Å². The Bertz CT molecular complexity index is 538. The molecule has 0 bridgehead atoms. The predicted octanol–water partition coefficient (Wildman–Crippen LogP) is 2.85. The molecular formula is C19H30BNO3. The monoisotopic (exact) mass is 331 g/mol. The number of nitrogens with zero attached hydrogens (tertiary/aromatic N) is 1. The van der Waals surface area contributed by atoms with Crippen molar-refractivity contribution in [1.82, 2.24) is 4.90 Å². The lowest BCUT2D eigenvalue weighted by Gasteiger charge is -2.35. The number of likely N-dealkylation sites (tertiary alicyclic amines) is 1. The number of hydrogen-bond acceptors (Lipinski definition) is 4. The first-order chi connectivity index (χ1) is 11.3. The summed E-state index contributed by atoms with van der Waals surface area (Å²) in [6, 6.07) is 8.12. The van der Waals surface area contributed by atoms with E-state index in [2.05, 4.69) is 18.7 Å². The van der Waals surface area contributed by atoms with Crippen LogP contribution in [0.2, 0.25) is 0 Å². The van der Waals surface area contributed by atoms with Crippen LogP contribution in [0.25, 0.3) is 0 Å². The lowest BCUT2D eigenvalue weighted by Crippen LogP contribution is -2.44. The summed E-state index contributed by atoms with van der Waals surface area (Å²) in [7, 11) is -0.268. The summed E-state index contributed by atoms with van der Waals surface area (Å²) in [6.07, 6.45) is 3.98. The van der Waals surface area contributed by atoms with Crippen LogP contribution in [-0.2, 0) is 9.31 Å². The van der Waals surface area contributed by atoms with Gasteiger partial charge in [-0.05, 0) is 71.2 Å². The molecule has 0 amide bonds. The van der Waals surface area contributed by atoms with E-state index in [1.807, 2.05) is 38.1 Å². The predicted molar refractivity (Wildman–Crippen MR) is 97.9 cm³/mol. The highest BCUT2D eigenvalue weighted by Gasteiger charge is 2.38. The molecule has 2 fully saturated rings. The van der Waals surface area contributed by atoms with Gasteiger partial charge in [0.2, 0.25) is 0 Å². The molecule has 132 valence electrons. The van der Waals surface area contributed by atoms with Crippen LogP contribution in [0.1, 0.15) is 47.0 Å². The Labute approximate surface area is 146 Å². The fourth-order valence-corrected chi connectivity index (χ4v) is 3.50. The van der Waals surface area contributed by atoms with Crippen molar-refractivity contribution in [3.63, 3.8) is 0 Å². The molecule has 0 saturated carbocycles. The lowest BCUT2D eigenvalue weighted by molar-refractivity contribution is 0.0520. The largest absolute Gasteiger partial charge is 0.494 e. The van der Waals surface area contributed by atoms with E-state index in [-0.39, 0.29) is 18.3 Å². The molecule has 2 aliphatic heterocycles. The van der Waals surface area contributed by atoms with Gasteiger partial charge >= 0.3 is 7.12 Å². The molecule has 0 aliphatic carbocycles. The molecule has 0 radical (unpaired) electrons. The number of hydrogen-bond donors (Lipinski definition) is 0. The third kappa shape index (κ3) is 4.75. The van der Waals surface area contributed by atoms with Gasteiger partial charge in [0, 0.05) is 6.54 Å². The quantitative estimate of drug-likeness (QED) is 0.777. The van der Waals surface area contributed by atoms with Gasteiger partial charge < -0.3 is 14.0 Å². The Balaban J connectivity index is 1.57. The molecule has 0 atom stereocenters. The molecule has 1 aromatic rings. The Kier molecular flexibility index (Phi) is 5.23. The second-order valence-corrected chi connectivity index (χ2v) is 8.29. The molecule has 0 N–H and O–H groups in total. The summed E-state index contributed by atoms with van der Waals surface area (Å²) in [5.74, 6) is 0.901. The standard InChI is InChI=1S/C19H30BNO3/c1-18(2,14-21-12-6-5-7-13-21)23-17-10-8-16(9-11-17)20-22-15-19(3,4)24-20/h8-11H,5-7,12-15H2,1-4H3. The van der Waals surface area contributed by atoms with Gasteiger partial charge in [0.05, 0.1) is 12.2 Å². The van der Waals surface area contributed by atoms with Gasteiger partial charge in [0.15, 0.2) is 0 Å². The van der Waals surface area contributed by atoms with Gasteiger partial charge in [-0.25, -0.2) is 0 Å². The van der Waals surface area contributed by atoms with Crippen LogP contribution < -0.4 is 10.2 Å². The molecule has 3 rings (SSSR count). The molecule has 4 nitrogen and oxygen atoms in total. The zero-order chi connectivity index (χ0) is 17.2. The van der Waals surface area contributed by atoms with Crippen molar-refractivity contribution >= 4 is 12.6 Å². The van der Waals surface area contributed by atoms with E-state index >= 15 is 0 Å². The number of piperidine rings is 1. The van der Waals surface area contributed by atoms with Crippen LogP contribution in [0.5, 0.6) is 5.75 Å². The average Bonchev–Trinajstić information content (AvgIpc) is 2.88. The van der Waals surface area contributed by atoms with Gasteiger partial charge in [0.25, 0.3) is 0 Å². The Hall–Kier alpha value is -1.04. The maximum absolute atomic E-state index is 6.24. The SMILES string of the molecule is CC1(C)COB(c2ccc(OC(C)(C)CN3CCCCC3)cc2)O1. The van der Waals surface area contributed by atoms with Crippen LogP contribution in [0.4, 0.5) is 0 Å². The topological polar surface area (TPSA) is 30.9 Å². The Morgan fingerprint density at radius 3 is 2.38 bits per heavy atom. The Morgan fingerprint density at radius 1 is 1.12 bits per heavy atom. The zero-order valence-electron chi connectivity index (χ0n) is 15.5. The minimum absolute atomic E-state index is 0.193. The maximum Gasteiger partial charge on any atom is 0.494 e. The van der Waals surface area contributed by atoms with Crippen LogP contribution in [-0.4, -0.2) is 49.5 Å². The van der Waals surface area contributed by atoms with Gasteiger partial charge in [-0.3, -0.25) is 4.90 Å². The summed E-state index contributed by atoms with van der Waals surface area (Å²) < 4.78 is 17.9. The highest BCUT2D eigenvalue weighted by molar-refractivity contribution is 6.61. The molecule has 24 heavy (non-hydrogen) atoms. The summed E-state index contributed by atoms with van der Waals surface area (Å²) >= 11 is 0. The van der Waals surface area contributed by atoms with E-state index in [4.69, 9.17) is 14.0 Å². The van der Waals surface area contributed by atoms with Gasteiger partial charge in [-0.15, -0.1) is 0 Å². The van der Waals surface area contributed by atoms with Crippen LogP contribution in [0, 0.1) is 0 Å². The third-order valence-corrected chi connectivity index (χ3v) is 4.61. The molecule has 0 aromatic heterocycles. The van der Waals surface area contributed by atoms with E-state index in [0.29, 0.717) is 6.61 Å². The highest BCUT2D eigenvalue weighted by Crippen LogP contribution is 2.22. The lowest BCUT2D eigenvalue weighted by atomic mass is 9.79. The molecular weight excluding hydrogens is 301 g/mol. The summed E-state index contributed by atoms with van der Waals surface area (Å²) in [5.41, 5.74) is 0.638. The van der Waals surface area contributed by atoms with E-state index in [1.165, 1.54) is 32.4 Å². The first-order valence-corrected chi connectivity index (χ1v) is 9.14. The number of benzene rings is 1. The van der Waals surface area contributed by atoms with Gasteiger partial charge in [0.1, 0.15) is 11.4 Å². The fourth-order valence-electron chi connectivity index (χ4n) is 3.50. The van der Waals surface area contributed by atoms with Crippen LogP contribution in [0.15, 0.2) is 24.3 Å². The van der Waals surface area contributed by atoms with Gasteiger partial charge in [-0.2, -0.15) is 0 Å². The second kappa shape index (κ2) is 7.07. The molecule has 1 aromatic carbocycles. The summed E-state index contributed by atoms with van der Waals surface area (Å²) in [6.45, 7) is 12.4. The van der Waals surface area contributed by atoms with Crippen molar-refractivity contribution in [2.45, 2.75) is 58.2 Å². The normalized spacial score (nSPS) is 21.9. The van der Waals surface area contributed by atoms with Crippen LogP contribution in [0.3, 0.4) is 0 Å². The van der Waals surface area contributed by atoms with Gasteiger partial charge in [-0.1, -0.05) is 18.6 Å². The van der Waals surface area contributed by atoms with Crippen molar-refractivity contribution in [3.8, 4) is 5.75 Å². The summed E-state index contributed by atoms with van der Waals surface area (Å²) in [5, 5.41) is 0. The van der Waals surface area contributed by atoms with E-state index in [1.54, 1.807) is 0 Å². The molecule has 0 unspecified atom stereocenters. The molecule has 2 aliphatic rings. The van der Waals surface area contributed by atoms with Crippen molar-refractivity contribution < 1.29 is 14.0 Å². The van der Waals surface area contributed by atoms with Crippen molar-refractivity contribution in [3.05, 3.63) is 24.3 Å². The molecule has 2 saturated heterocycles. The van der Waals surface area contributed by atoms with Crippen molar-refractivity contribution in [2.24, 2.45) is 0 Å². The molecule has 5 heteroatoms. The fraction of sp³-hybridized carbons (Fsp3) is 0.684.